The number of rotatable bonds is 4. The third kappa shape index (κ3) is 3.45. The van der Waals surface area contributed by atoms with Crippen LogP contribution in [-0.4, -0.2) is 23.4 Å². The van der Waals surface area contributed by atoms with E-state index >= 15 is 0 Å². The highest BCUT2D eigenvalue weighted by Gasteiger charge is 2.17. The van der Waals surface area contributed by atoms with Crippen LogP contribution in [0, 0.1) is 6.92 Å². The second kappa shape index (κ2) is 5.18. The highest BCUT2D eigenvalue weighted by atomic mass is 35.7. The normalized spacial score (nSPS) is 11.5. The molecule has 6 nitrogen and oxygen atoms in total. The van der Waals surface area contributed by atoms with Crippen molar-refractivity contribution in [3.8, 4) is 5.75 Å². The Bertz CT molecular complexity index is 697. The summed E-state index contributed by atoms with van der Waals surface area (Å²) in [6.45, 7) is 1.90. The molecule has 0 radical (unpaired) electrons. The monoisotopic (exact) mass is 301 g/mol. The molecule has 0 amide bonds. The van der Waals surface area contributed by atoms with E-state index in [2.05, 4.69) is 10.3 Å². The molecule has 0 aliphatic heterocycles. The van der Waals surface area contributed by atoms with E-state index in [1.807, 2.05) is 0 Å². The first-order chi connectivity index (χ1) is 8.86. The summed E-state index contributed by atoms with van der Waals surface area (Å²) < 4.78 is 29.9. The Morgan fingerprint density at radius 3 is 2.74 bits per heavy atom. The molecule has 8 heteroatoms. The van der Waals surface area contributed by atoms with Crippen molar-refractivity contribution in [2.45, 2.75) is 18.4 Å². The molecular formula is C11H12ClN3O3S. The topological polar surface area (TPSA) is 74.1 Å². The molecule has 0 unspecified atom stereocenters. The van der Waals surface area contributed by atoms with Crippen molar-refractivity contribution in [2.75, 3.05) is 0 Å². The first-order valence-electron chi connectivity index (χ1n) is 5.39. The predicted octanol–water partition coefficient (Wildman–Crippen LogP) is 1.63. The molecule has 0 aliphatic rings. The second-order valence-electron chi connectivity index (χ2n) is 4.06. The minimum absolute atomic E-state index is 0.0435. The fraction of sp³-hybridized carbons (Fsp3) is 0.273. The van der Waals surface area contributed by atoms with Crippen LogP contribution in [0.1, 0.15) is 11.3 Å². The SMILES string of the molecule is Cc1ccc(OCc2cn(C)nn2)c(S(=O)(=O)Cl)c1. The van der Waals surface area contributed by atoms with E-state index in [0.29, 0.717) is 5.69 Å². The van der Waals surface area contributed by atoms with Gasteiger partial charge >= 0.3 is 0 Å². The van der Waals surface area contributed by atoms with Gasteiger partial charge in [-0.25, -0.2) is 8.42 Å². The maximum atomic E-state index is 11.5. The zero-order valence-electron chi connectivity index (χ0n) is 10.4. The van der Waals surface area contributed by atoms with Crippen LogP contribution in [0.15, 0.2) is 29.3 Å². The zero-order chi connectivity index (χ0) is 14.0. The van der Waals surface area contributed by atoms with Crippen LogP contribution in [0.4, 0.5) is 0 Å². The van der Waals surface area contributed by atoms with Gasteiger partial charge in [0, 0.05) is 17.7 Å². The van der Waals surface area contributed by atoms with Gasteiger partial charge in [-0.2, -0.15) is 0 Å². The van der Waals surface area contributed by atoms with Gasteiger partial charge in [0.2, 0.25) is 0 Å². The maximum absolute atomic E-state index is 11.5. The van der Waals surface area contributed by atoms with Crippen LogP contribution in [0.3, 0.4) is 0 Å². The third-order valence-corrected chi connectivity index (χ3v) is 3.73. The van der Waals surface area contributed by atoms with Crippen LogP contribution < -0.4 is 4.74 Å². The van der Waals surface area contributed by atoms with Gasteiger partial charge in [0.05, 0.1) is 6.20 Å². The van der Waals surface area contributed by atoms with Crippen LogP contribution in [0.2, 0.25) is 0 Å². The van der Waals surface area contributed by atoms with Gasteiger partial charge in [0.25, 0.3) is 9.05 Å². The molecule has 0 N–H and O–H groups in total. The Kier molecular flexibility index (Phi) is 3.77. The van der Waals surface area contributed by atoms with E-state index in [-0.39, 0.29) is 17.3 Å². The van der Waals surface area contributed by atoms with Crippen LogP contribution in [0.5, 0.6) is 5.75 Å². The molecule has 1 aromatic carbocycles. The van der Waals surface area contributed by atoms with Crippen molar-refractivity contribution in [1.29, 1.82) is 0 Å². The number of nitrogens with zero attached hydrogens (tertiary/aromatic N) is 3. The zero-order valence-corrected chi connectivity index (χ0v) is 11.9. The summed E-state index contributed by atoms with van der Waals surface area (Å²) in [6.07, 6.45) is 1.68. The predicted molar refractivity (Wildman–Crippen MR) is 69.6 cm³/mol. The fourth-order valence-electron chi connectivity index (χ4n) is 1.54. The Morgan fingerprint density at radius 2 is 2.16 bits per heavy atom. The summed E-state index contributed by atoms with van der Waals surface area (Å²) in [5, 5.41) is 7.60. The third-order valence-electron chi connectivity index (χ3n) is 2.39. The number of aryl methyl sites for hydroxylation is 2. The summed E-state index contributed by atoms with van der Waals surface area (Å²) in [7, 11) is 3.27. The van der Waals surface area contributed by atoms with E-state index in [4.69, 9.17) is 15.4 Å². The lowest BCUT2D eigenvalue weighted by atomic mass is 10.2. The van der Waals surface area contributed by atoms with Crippen LogP contribution in [0.25, 0.3) is 0 Å². The molecule has 102 valence electrons. The van der Waals surface area contributed by atoms with Crippen molar-refractivity contribution in [1.82, 2.24) is 15.0 Å². The molecule has 2 rings (SSSR count). The lowest BCUT2D eigenvalue weighted by Crippen LogP contribution is -2.01. The minimum Gasteiger partial charge on any atom is -0.486 e. The quantitative estimate of drug-likeness (QED) is 0.802. The molecule has 1 aromatic heterocycles. The number of hydrogen-bond acceptors (Lipinski definition) is 5. The largest absolute Gasteiger partial charge is 0.486 e. The molecule has 1 heterocycles. The fourth-order valence-corrected chi connectivity index (χ4v) is 2.59. The first-order valence-corrected chi connectivity index (χ1v) is 7.70. The van der Waals surface area contributed by atoms with E-state index in [9.17, 15) is 8.42 Å². The van der Waals surface area contributed by atoms with Gasteiger partial charge in [0.1, 0.15) is 22.9 Å². The first kappa shape index (κ1) is 13.8. The Morgan fingerprint density at radius 1 is 1.42 bits per heavy atom. The molecule has 0 bridgehead atoms. The van der Waals surface area contributed by atoms with Gasteiger partial charge in [-0.1, -0.05) is 11.3 Å². The molecule has 0 atom stereocenters. The molecule has 2 aromatic rings. The molecule has 19 heavy (non-hydrogen) atoms. The van der Waals surface area contributed by atoms with Crippen molar-refractivity contribution in [2.24, 2.45) is 7.05 Å². The number of benzene rings is 1. The molecule has 0 saturated heterocycles. The van der Waals surface area contributed by atoms with Crippen molar-refractivity contribution >= 4 is 19.7 Å². The number of halogens is 1. The van der Waals surface area contributed by atoms with Gasteiger partial charge in [-0.05, 0) is 24.6 Å². The molecular weight excluding hydrogens is 290 g/mol. The number of aromatic nitrogens is 3. The van der Waals surface area contributed by atoms with E-state index < -0.39 is 9.05 Å². The Hall–Kier alpha value is -1.60. The lowest BCUT2D eigenvalue weighted by Gasteiger charge is -2.08. The smallest absolute Gasteiger partial charge is 0.264 e. The summed E-state index contributed by atoms with van der Waals surface area (Å²) >= 11 is 0. The Balaban J connectivity index is 2.25. The molecule has 0 saturated carbocycles. The summed E-state index contributed by atoms with van der Waals surface area (Å²) in [5.41, 5.74) is 1.38. The van der Waals surface area contributed by atoms with Gasteiger partial charge in [-0.15, -0.1) is 5.10 Å². The standard InChI is InChI=1S/C11H12ClN3O3S/c1-8-3-4-10(11(5-8)19(12,16)17)18-7-9-6-15(2)14-13-9/h3-6H,7H2,1-2H3. The number of ether oxygens (including phenoxy) is 1. The minimum atomic E-state index is -3.85. The van der Waals surface area contributed by atoms with Gasteiger partial charge < -0.3 is 4.74 Å². The van der Waals surface area contributed by atoms with E-state index in [0.717, 1.165) is 5.56 Å². The maximum Gasteiger partial charge on any atom is 0.264 e. The second-order valence-corrected chi connectivity index (χ2v) is 6.59. The average molecular weight is 302 g/mol. The summed E-state index contributed by atoms with van der Waals surface area (Å²) in [4.78, 5) is -0.0435. The van der Waals surface area contributed by atoms with Gasteiger partial charge in [-0.3, -0.25) is 4.68 Å². The van der Waals surface area contributed by atoms with Crippen molar-refractivity contribution in [3.63, 3.8) is 0 Å². The Labute approximate surface area is 115 Å². The van der Waals surface area contributed by atoms with Gasteiger partial charge in [0.15, 0.2) is 0 Å². The highest BCUT2D eigenvalue weighted by molar-refractivity contribution is 8.13. The van der Waals surface area contributed by atoms with Crippen LogP contribution >= 0.6 is 10.7 Å². The highest BCUT2D eigenvalue weighted by Crippen LogP contribution is 2.28. The van der Waals surface area contributed by atoms with Crippen molar-refractivity contribution < 1.29 is 13.2 Å². The molecule has 0 fully saturated rings. The average Bonchev–Trinajstić information content (AvgIpc) is 2.72. The summed E-state index contributed by atoms with van der Waals surface area (Å²) in [5.74, 6) is 0.200. The van der Waals surface area contributed by atoms with E-state index in [1.165, 1.54) is 10.7 Å². The van der Waals surface area contributed by atoms with Crippen molar-refractivity contribution in [3.05, 3.63) is 35.7 Å². The molecule has 0 aliphatic carbocycles. The van der Waals surface area contributed by atoms with E-state index in [1.54, 1.807) is 32.3 Å². The summed E-state index contributed by atoms with van der Waals surface area (Å²) in [6, 6.07) is 4.78. The molecule has 0 spiro atoms. The lowest BCUT2D eigenvalue weighted by molar-refractivity contribution is 0.293. The number of hydrogen-bond donors (Lipinski definition) is 0. The van der Waals surface area contributed by atoms with Crippen LogP contribution in [-0.2, 0) is 22.7 Å².